The van der Waals surface area contributed by atoms with Gasteiger partial charge in [-0.2, -0.15) is 8.42 Å². The number of nitro benzene ring substituents is 1. The normalized spacial score (nSPS) is 28.5. The Morgan fingerprint density at radius 1 is 1.14 bits per heavy atom. The van der Waals surface area contributed by atoms with Crippen molar-refractivity contribution in [2.75, 3.05) is 6.61 Å². The zero-order valence-corrected chi connectivity index (χ0v) is 19.1. The first-order chi connectivity index (χ1) is 16.6. The van der Waals surface area contributed by atoms with Crippen LogP contribution in [0.2, 0.25) is 0 Å². The van der Waals surface area contributed by atoms with Gasteiger partial charge in [0.1, 0.15) is 30.1 Å². The molecule has 188 valence electrons. The molecule has 6 atom stereocenters. The fraction of sp³-hybridized carbons (Fsp3) is 0.381. The lowest BCUT2D eigenvalue weighted by molar-refractivity contribution is -0.384. The van der Waals surface area contributed by atoms with Crippen LogP contribution in [0.5, 0.6) is 5.75 Å². The highest BCUT2D eigenvalue weighted by molar-refractivity contribution is 7.80. The summed E-state index contributed by atoms with van der Waals surface area (Å²) >= 11 is 0. The molecule has 13 nitrogen and oxygen atoms in total. The minimum absolute atomic E-state index is 0.0531. The van der Waals surface area contributed by atoms with E-state index in [-0.39, 0.29) is 18.0 Å². The predicted molar refractivity (Wildman–Crippen MR) is 116 cm³/mol. The van der Waals surface area contributed by atoms with Gasteiger partial charge in [-0.1, -0.05) is 30.3 Å². The quantitative estimate of drug-likeness (QED) is 0.314. The standard InChI is InChI=1S/C21H22N2O11S/c1-12(24)22-17-19(34-35(27,28)29)18-16(11-30-20(33-18)13-5-3-2-4-6-13)32-21(17)31-15-9-7-14(8-10-15)23(25)26/h2-10,16-21H,11H2,1H3,(H,22,24)(H,27,28,29)/t16-,17-,18-,19-,20?,21-/m1/s1. The molecule has 2 aromatic rings. The molecule has 2 N–H and O–H groups in total. The van der Waals surface area contributed by atoms with E-state index in [2.05, 4.69) is 5.32 Å². The molecule has 2 aliphatic rings. The Morgan fingerprint density at radius 3 is 2.43 bits per heavy atom. The molecule has 2 aliphatic heterocycles. The molecule has 0 aromatic heterocycles. The van der Waals surface area contributed by atoms with Gasteiger partial charge in [-0.15, -0.1) is 0 Å². The monoisotopic (exact) mass is 510 g/mol. The van der Waals surface area contributed by atoms with Crippen molar-refractivity contribution >= 4 is 22.0 Å². The average molecular weight is 510 g/mol. The molecule has 0 aliphatic carbocycles. The van der Waals surface area contributed by atoms with Gasteiger partial charge < -0.3 is 24.3 Å². The molecule has 0 saturated carbocycles. The van der Waals surface area contributed by atoms with Gasteiger partial charge in [-0.3, -0.25) is 19.5 Å². The van der Waals surface area contributed by atoms with Crippen LogP contribution in [0.25, 0.3) is 0 Å². The van der Waals surface area contributed by atoms with Crippen LogP contribution in [-0.2, 0) is 33.6 Å². The molecule has 2 saturated heterocycles. The summed E-state index contributed by atoms with van der Waals surface area (Å²) in [6.45, 7) is 1.14. The lowest BCUT2D eigenvalue weighted by Crippen LogP contribution is -2.68. The molecule has 2 heterocycles. The molecule has 4 rings (SSSR count). The molecule has 0 radical (unpaired) electrons. The molecule has 14 heteroatoms. The number of ether oxygens (including phenoxy) is 4. The third-order valence-corrected chi connectivity index (χ3v) is 5.78. The number of hydrogen-bond acceptors (Lipinski definition) is 10. The number of carbonyl (C=O) groups is 1. The van der Waals surface area contributed by atoms with Crippen LogP contribution < -0.4 is 10.1 Å². The number of non-ortho nitro benzene ring substituents is 1. The summed E-state index contributed by atoms with van der Waals surface area (Å²) in [5.41, 5.74) is 0.478. The van der Waals surface area contributed by atoms with Crippen molar-refractivity contribution in [3.63, 3.8) is 0 Å². The van der Waals surface area contributed by atoms with E-state index in [4.69, 9.17) is 23.1 Å². The van der Waals surface area contributed by atoms with Gasteiger partial charge in [0.15, 0.2) is 6.29 Å². The Bertz CT molecular complexity index is 1160. The van der Waals surface area contributed by atoms with E-state index in [0.717, 1.165) is 0 Å². The molecule has 1 unspecified atom stereocenters. The van der Waals surface area contributed by atoms with Crippen LogP contribution in [0.4, 0.5) is 5.69 Å². The highest BCUT2D eigenvalue weighted by Gasteiger charge is 2.53. The van der Waals surface area contributed by atoms with E-state index in [1.807, 2.05) is 0 Å². The van der Waals surface area contributed by atoms with Crippen molar-refractivity contribution in [1.82, 2.24) is 5.32 Å². The van der Waals surface area contributed by atoms with Crippen molar-refractivity contribution in [3.8, 4) is 5.75 Å². The van der Waals surface area contributed by atoms with Crippen LogP contribution in [-0.4, -0.2) is 61.1 Å². The minimum atomic E-state index is -4.99. The van der Waals surface area contributed by atoms with Crippen molar-refractivity contribution in [3.05, 3.63) is 70.3 Å². The maximum Gasteiger partial charge on any atom is 0.397 e. The number of nitrogens with zero attached hydrogens (tertiary/aromatic N) is 1. The number of nitro groups is 1. The van der Waals surface area contributed by atoms with Gasteiger partial charge >= 0.3 is 10.4 Å². The van der Waals surface area contributed by atoms with Gasteiger partial charge in [0.05, 0.1) is 11.5 Å². The second-order valence-corrected chi connectivity index (χ2v) is 8.85. The van der Waals surface area contributed by atoms with E-state index in [9.17, 15) is 27.9 Å². The van der Waals surface area contributed by atoms with Crippen molar-refractivity contribution in [2.24, 2.45) is 0 Å². The summed E-state index contributed by atoms with van der Waals surface area (Å²) in [6.07, 6.45) is -5.68. The number of rotatable bonds is 7. The van der Waals surface area contributed by atoms with Gasteiger partial charge in [0.25, 0.3) is 5.69 Å². The Labute approximate surface area is 200 Å². The Morgan fingerprint density at radius 2 is 1.83 bits per heavy atom. The number of amides is 1. The summed E-state index contributed by atoms with van der Waals surface area (Å²) in [5.74, 6) is -0.426. The summed E-state index contributed by atoms with van der Waals surface area (Å²) < 4.78 is 61.2. The van der Waals surface area contributed by atoms with Crippen LogP contribution in [0.1, 0.15) is 18.8 Å². The SMILES string of the molecule is CC(=O)N[C@H]1[C@H](Oc2ccc([N+](=O)[O-])cc2)O[C@@H]2COC(c3ccccc3)O[C@H]2[C@@H]1OS(=O)(=O)O. The van der Waals surface area contributed by atoms with Gasteiger partial charge in [-0.05, 0) is 12.1 Å². The van der Waals surface area contributed by atoms with E-state index in [0.29, 0.717) is 5.56 Å². The Kier molecular flexibility index (Phi) is 7.30. The summed E-state index contributed by atoms with van der Waals surface area (Å²) in [7, 11) is -4.99. The topological polar surface area (TPSA) is 173 Å². The molecule has 2 aromatic carbocycles. The second kappa shape index (κ2) is 10.2. The number of nitrogens with one attached hydrogen (secondary N) is 1. The minimum Gasteiger partial charge on any atom is -0.463 e. The third-order valence-electron chi connectivity index (χ3n) is 5.31. The van der Waals surface area contributed by atoms with Crippen LogP contribution in [0.15, 0.2) is 54.6 Å². The second-order valence-electron chi connectivity index (χ2n) is 7.80. The zero-order valence-electron chi connectivity index (χ0n) is 18.3. The molecule has 0 spiro atoms. The largest absolute Gasteiger partial charge is 0.463 e. The molecule has 1 amide bonds. The number of benzene rings is 2. The smallest absolute Gasteiger partial charge is 0.397 e. The third kappa shape index (κ3) is 6.11. The van der Waals surface area contributed by atoms with Gasteiger partial charge in [0.2, 0.25) is 12.2 Å². The maximum atomic E-state index is 12.0. The lowest BCUT2D eigenvalue weighted by Gasteiger charge is -2.48. The Hall–Kier alpha value is -3.14. The van der Waals surface area contributed by atoms with E-state index >= 15 is 0 Å². The highest BCUT2D eigenvalue weighted by Crippen LogP contribution is 2.36. The first kappa shape index (κ1) is 25.0. The molecule has 35 heavy (non-hydrogen) atoms. The fourth-order valence-electron chi connectivity index (χ4n) is 3.88. The molecular formula is C21H22N2O11S. The average Bonchev–Trinajstić information content (AvgIpc) is 2.81. The zero-order chi connectivity index (χ0) is 25.2. The summed E-state index contributed by atoms with van der Waals surface area (Å²) in [5, 5.41) is 13.4. The van der Waals surface area contributed by atoms with Gasteiger partial charge in [0, 0.05) is 24.6 Å². The summed E-state index contributed by atoms with van der Waals surface area (Å²) in [4.78, 5) is 22.3. The number of carbonyl (C=O) groups excluding carboxylic acids is 1. The first-order valence-electron chi connectivity index (χ1n) is 10.4. The number of fused-ring (bicyclic) bond motifs is 1. The predicted octanol–water partition coefficient (Wildman–Crippen LogP) is 1.51. The number of hydrogen-bond donors (Lipinski definition) is 2. The van der Waals surface area contributed by atoms with Crippen LogP contribution in [0, 0.1) is 10.1 Å². The van der Waals surface area contributed by atoms with Crippen molar-refractivity contribution in [1.29, 1.82) is 0 Å². The fourth-order valence-corrected chi connectivity index (χ4v) is 4.39. The highest BCUT2D eigenvalue weighted by atomic mass is 32.3. The molecular weight excluding hydrogens is 488 g/mol. The maximum absolute atomic E-state index is 12.0. The lowest BCUT2D eigenvalue weighted by atomic mass is 9.95. The molecule has 0 bridgehead atoms. The van der Waals surface area contributed by atoms with E-state index in [1.54, 1.807) is 30.3 Å². The van der Waals surface area contributed by atoms with Crippen LogP contribution >= 0.6 is 0 Å². The first-order valence-corrected chi connectivity index (χ1v) is 11.8. The Balaban J connectivity index is 1.64. The summed E-state index contributed by atoms with van der Waals surface area (Å²) in [6, 6.07) is 12.6. The van der Waals surface area contributed by atoms with Gasteiger partial charge in [-0.25, -0.2) is 4.18 Å². The van der Waals surface area contributed by atoms with Crippen LogP contribution in [0.3, 0.4) is 0 Å². The van der Waals surface area contributed by atoms with Crippen molar-refractivity contribution in [2.45, 2.75) is 43.9 Å². The van der Waals surface area contributed by atoms with Crippen molar-refractivity contribution < 1.29 is 45.8 Å². The molecule has 2 fully saturated rings. The van der Waals surface area contributed by atoms with E-state index < -0.39 is 58.2 Å². The van der Waals surface area contributed by atoms with E-state index in [1.165, 1.54) is 31.2 Å².